The van der Waals surface area contributed by atoms with Gasteiger partial charge in [0, 0.05) is 16.5 Å². The van der Waals surface area contributed by atoms with Crippen molar-refractivity contribution in [3.8, 4) is 55.8 Å². The summed E-state index contributed by atoms with van der Waals surface area (Å²) in [5.41, 5.74) is 11.5. The van der Waals surface area contributed by atoms with Crippen LogP contribution in [0.2, 0.25) is 0 Å². The Bertz CT molecular complexity index is 3190. The maximum absolute atomic E-state index is 6.68. The normalized spacial score (nSPS) is 11.6. The standard InChI is InChI=1S/C54H34O/c1-3-14-36(15-4-1)53-49-30-29-42(34-50(49)55-54(53)37-16-5-2-6-17-37)40-24-25-41-33-44(28-26-39(41)31-40)52-47-21-11-9-19-45(47)51(46-20-10-12-22-48(46)52)43-27-23-35-13-7-8-18-38(35)32-43/h1-34H. The third kappa shape index (κ3) is 5.24. The predicted molar refractivity (Wildman–Crippen MR) is 233 cm³/mol. The van der Waals surface area contributed by atoms with Crippen LogP contribution in [-0.2, 0) is 0 Å². The highest BCUT2D eigenvalue weighted by atomic mass is 16.3. The number of fused-ring (bicyclic) bond motifs is 5. The molecule has 0 radical (unpaired) electrons. The molecule has 1 heteroatoms. The number of hydrogen-bond donors (Lipinski definition) is 0. The molecule has 11 rings (SSSR count). The molecule has 0 aliphatic rings. The second kappa shape index (κ2) is 12.7. The largest absolute Gasteiger partial charge is 0.455 e. The van der Waals surface area contributed by atoms with Crippen LogP contribution < -0.4 is 0 Å². The number of benzene rings is 10. The summed E-state index contributed by atoms with van der Waals surface area (Å²) in [4.78, 5) is 0. The Morgan fingerprint density at radius 1 is 0.236 bits per heavy atom. The van der Waals surface area contributed by atoms with Gasteiger partial charge < -0.3 is 4.42 Å². The Kier molecular flexibility index (Phi) is 7.25. The second-order valence-corrected chi connectivity index (χ2v) is 14.4. The van der Waals surface area contributed by atoms with Crippen molar-refractivity contribution < 1.29 is 4.42 Å². The van der Waals surface area contributed by atoms with Gasteiger partial charge in [0.2, 0.25) is 0 Å². The van der Waals surface area contributed by atoms with E-state index in [2.05, 4.69) is 200 Å². The molecule has 0 amide bonds. The summed E-state index contributed by atoms with van der Waals surface area (Å²) >= 11 is 0. The molecule has 1 nitrogen and oxygen atoms in total. The molecule has 0 aliphatic heterocycles. The van der Waals surface area contributed by atoms with E-state index in [9.17, 15) is 0 Å². The summed E-state index contributed by atoms with van der Waals surface area (Å²) in [5, 5.41) is 11.1. The van der Waals surface area contributed by atoms with Gasteiger partial charge in [0.25, 0.3) is 0 Å². The highest BCUT2D eigenvalue weighted by Gasteiger charge is 2.19. The van der Waals surface area contributed by atoms with Crippen LogP contribution in [-0.4, -0.2) is 0 Å². The van der Waals surface area contributed by atoms with Crippen molar-refractivity contribution in [3.63, 3.8) is 0 Å². The second-order valence-electron chi connectivity index (χ2n) is 14.4. The third-order valence-corrected chi connectivity index (χ3v) is 11.2. The van der Waals surface area contributed by atoms with Gasteiger partial charge >= 0.3 is 0 Å². The molecule has 0 N–H and O–H groups in total. The SMILES string of the molecule is c1ccc(-c2oc3cc(-c4ccc5cc(-c6c7ccccc7c(-c7ccc8ccccc8c7)c7ccccc67)ccc5c4)ccc3c2-c2ccccc2)cc1. The molecule has 256 valence electrons. The lowest BCUT2D eigenvalue weighted by atomic mass is 9.85. The van der Waals surface area contributed by atoms with Gasteiger partial charge in [0.05, 0.1) is 0 Å². The Morgan fingerprint density at radius 2 is 0.655 bits per heavy atom. The van der Waals surface area contributed by atoms with Gasteiger partial charge in [-0.2, -0.15) is 0 Å². The zero-order chi connectivity index (χ0) is 36.3. The minimum absolute atomic E-state index is 0.886. The molecule has 11 aromatic rings. The van der Waals surface area contributed by atoms with Crippen molar-refractivity contribution >= 4 is 54.1 Å². The molecule has 10 aromatic carbocycles. The van der Waals surface area contributed by atoms with Crippen molar-refractivity contribution in [2.24, 2.45) is 0 Å². The van der Waals surface area contributed by atoms with Gasteiger partial charge in [-0.05, 0) is 112 Å². The molecular formula is C54H34O. The maximum Gasteiger partial charge on any atom is 0.143 e. The van der Waals surface area contributed by atoms with Crippen molar-refractivity contribution in [2.45, 2.75) is 0 Å². The van der Waals surface area contributed by atoms with E-state index < -0.39 is 0 Å². The van der Waals surface area contributed by atoms with Crippen molar-refractivity contribution in [2.75, 3.05) is 0 Å². The van der Waals surface area contributed by atoms with Crippen LogP contribution in [0.15, 0.2) is 211 Å². The highest BCUT2D eigenvalue weighted by Crippen LogP contribution is 2.45. The fourth-order valence-corrected chi connectivity index (χ4v) is 8.64. The van der Waals surface area contributed by atoms with Crippen molar-refractivity contribution in [3.05, 3.63) is 206 Å². The van der Waals surface area contributed by atoms with E-state index in [1.807, 2.05) is 6.07 Å². The number of hydrogen-bond acceptors (Lipinski definition) is 1. The highest BCUT2D eigenvalue weighted by molar-refractivity contribution is 6.22. The quantitative estimate of drug-likeness (QED) is 0.163. The molecule has 0 unspecified atom stereocenters. The maximum atomic E-state index is 6.68. The van der Waals surface area contributed by atoms with Gasteiger partial charge in [-0.3, -0.25) is 0 Å². The van der Waals surface area contributed by atoms with Crippen molar-refractivity contribution in [1.29, 1.82) is 0 Å². The summed E-state index contributed by atoms with van der Waals surface area (Å²) < 4.78 is 6.68. The van der Waals surface area contributed by atoms with Crippen LogP contribution in [0.4, 0.5) is 0 Å². The van der Waals surface area contributed by atoms with Crippen LogP contribution >= 0.6 is 0 Å². The fourth-order valence-electron chi connectivity index (χ4n) is 8.64. The average molecular weight is 699 g/mol. The van der Waals surface area contributed by atoms with Crippen LogP contribution in [0.1, 0.15) is 0 Å². The minimum Gasteiger partial charge on any atom is -0.455 e. The summed E-state index contributed by atoms with van der Waals surface area (Å²) in [5.74, 6) is 0.898. The average Bonchev–Trinajstić information content (AvgIpc) is 3.65. The number of furan rings is 1. The summed E-state index contributed by atoms with van der Waals surface area (Å²) in [6, 6.07) is 74.6. The first-order valence-electron chi connectivity index (χ1n) is 18.9. The molecule has 0 aliphatic carbocycles. The lowest BCUT2D eigenvalue weighted by Crippen LogP contribution is -1.91. The van der Waals surface area contributed by atoms with Gasteiger partial charge in [0.15, 0.2) is 0 Å². The topological polar surface area (TPSA) is 13.1 Å². The predicted octanol–water partition coefficient (Wildman–Crippen LogP) is 15.4. The lowest BCUT2D eigenvalue weighted by Gasteiger charge is -2.18. The fraction of sp³-hybridized carbons (Fsp3) is 0. The molecule has 0 saturated heterocycles. The van der Waals surface area contributed by atoms with Crippen LogP contribution in [0.25, 0.3) is 110 Å². The molecule has 55 heavy (non-hydrogen) atoms. The van der Waals surface area contributed by atoms with Gasteiger partial charge in [-0.1, -0.05) is 176 Å². The van der Waals surface area contributed by atoms with E-state index in [1.54, 1.807) is 0 Å². The molecule has 0 saturated carbocycles. The first kappa shape index (κ1) is 31.3. The molecule has 1 heterocycles. The van der Waals surface area contributed by atoms with E-state index >= 15 is 0 Å². The Balaban J connectivity index is 1.03. The first-order valence-corrected chi connectivity index (χ1v) is 18.9. The Hall–Kier alpha value is -7.22. The smallest absolute Gasteiger partial charge is 0.143 e. The van der Waals surface area contributed by atoms with E-state index in [0.29, 0.717) is 0 Å². The van der Waals surface area contributed by atoms with E-state index in [0.717, 1.165) is 44.5 Å². The summed E-state index contributed by atoms with van der Waals surface area (Å²) in [6.45, 7) is 0. The molecular weight excluding hydrogens is 665 g/mol. The van der Waals surface area contributed by atoms with Crippen molar-refractivity contribution in [1.82, 2.24) is 0 Å². The van der Waals surface area contributed by atoms with Gasteiger partial charge in [-0.15, -0.1) is 0 Å². The molecule has 0 atom stereocenters. The summed E-state index contributed by atoms with van der Waals surface area (Å²) in [6.07, 6.45) is 0. The molecule has 0 spiro atoms. The Labute approximate surface area is 319 Å². The monoisotopic (exact) mass is 698 g/mol. The van der Waals surface area contributed by atoms with Gasteiger partial charge in [0.1, 0.15) is 11.3 Å². The van der Waals surface area contributed by atoms with E-state index in [-0.39, 0.29) is 0 Å². The molecule has 0 bridgehead atoms. The summed E-state index contributed by atoms with van der Waals surface area (Å²) in [7, 11) is 0. The van der Waals surface area contributed by atoms with Crippen LogP contribution in [0, 0.1) is 0 Å². The van der Waals surface area contributed by atoms with Crippen LogP contribution in [0.3, 0.4) is 0 Å². The Morgan fingerprint density at radius 3 is 1.25 bits per heavy atom. The van der Waals surface area contributed by atoms with Gasteiger partial charge in [-0.25, -0.2) is 0 Å². The first-order chi connectivity index (χ1) is 27.3. The van der Waals surface area contributed by atoms with E-state index in [1.165, 1.54) is 65.3 Å². The zero-order valence-electron chi connectivity index (χ0n) is 30.0. The molecule has 0 fully saturated rings. The zero-order valence-corrected chi connectivity index (χ0v) is 30.0. The number of rotatable bonds is 5. The molecule has 1 aromatic heterocycles. The van der Waals surface area contributed by atoms with E-state index in [4.69, 9.17) is 4.42 Å². The lowest BCUT2D eigenvalue weighted by molar-refractivity contribution is 0.632. The minimum atomic E-state index is 0.886. The van der Waals surface area contributed by atoms with Crippen LogP contribution in [0.5, 0.6) is 0 Å². The third-order valence-electron chi connectivity index (χ3n) is 11.2.